The van der Waals surface area contributed by atoms with Crippen LogP contribution in [0.2, 0.25) is 5.28 Å². The monoisotopic (exact) mass is 310 g/mol. The Morgan fingerprint density at radius 2 is 2.15 bits per heavy atom. The summed E-state index contributed by atoms with van der Waals surface area (Å²) in [6.45, 7) is 0. The van der Waals surface area contributed by atoms with Crippen LogP contribution >= 0.6 is 23.4 Å². The molecule has 20 heavy (non-hydrogen) atoms. The van der Waals surface area contributed by atoms with Crippen LogP contribution in [0.3, 0.4) is 0 Å². The van der Waals surface area contributed by atoms with Crippen LogP contribution in [0.15, 0.2) is 35.4 Å². The SMILES string of the molecule is CSc1cnc(Cl)nc1Nc1cccc(NC(=O)O)c1. The van der Waals surface area contributed by atoms with Crippen LogP contribution in [0.25, 0.3) is 0 Å². The zero-order valence-electron chi connectivity index (χ0n) is 10.4. The van der Waals surface area contributed by atoms with Gasteiger partial charge in [0.25, 0.3) is 0 Å². The maximum absolute atomic E-state index is 10.6. The van der Waals surface area contributed by atoms with Gasteiger partial charge >= 0.3 is 6.09 Å². The van der Waals surface area contributed by atoms with E-state index in [0.29, 0.717) is 17.2 Å². The molecule has 1 aromatic heterocycles. The second-order valence-electron chi connectivity index (χ2n) is 3.69. The van der Waals surface area contributed by atoms with Crippen molar-refractivity contribution in [3.05, 3.63) is 35.7 Å². The largest absolute Gasteiger partial charge is 0.465 e. The maximum atomic E-state index is 10.6. The number of halogens is 1. The van der Waals surface area contributed by atoms with Gasteiger partial charge in [0.15, 0.2) is 0 Å². The Bertz CT molecular complexity index is 639. The molecule has 8 heteroatoms. The highest BCUT2D eigenvalue weighted by atomic mass is 35.5. The third-order valence-electron chi connectivity index (χ3n) is 2.32. The molecule has 1 aromatic carbocycles. The van der Waals surface area contributed by atoms with Crippen LogP contribution in [-0.2, 0) is 0 Å². The van der Waals surface area contributed by atoms with Crippen LogP contribution in [0.5, 0.6) is 0 Å². The Morgan fingerprint density at radius 1 is 1.40 bits per heavy atom. The van der Waals surface area contributed by atoms with Gasteiger partial charge in [-0.2, -0.15) is 4.98 Å². The molecule has 6 nitrogen and oxygen atoms in total. The summed E-state index contributed by atoms with van der Waals surface area (Å²) in [7, 11) is 0. The number of benzene rings is 1. The van der Waals surface area contributed by atoms with Crippen molar-refractivity contribution in [1.29, 1.82) is 0 Å². The number of hydrogen-bond donors (Lipinski definition) is 3. The average Bonchev–Trinajstić information content (AvgIpc) is 2.38. The first kappa shape index (κ1) is 14.4. The normalized spacial score (nSPS) is 10.1. The predicted octanol–water partition coefficient (Wildman–Crippen LogP) is 3.69. The fourth-order valence-electron chi connectivity index (χ4n) is 1.52. The lowest BCUT2D eigenvalue weighted by molar-refractivity contribution is 0.210. The molecule has 0 aliphatic heterocycles. The molecule has 0 radical (unpaired) electrons. The minimum absolute atomic E-state index is 0.144. The Hall–Kier alpha value is -1.99. The van der Waals surface area contributed by atoms with Crippen molar-refractivity contribution in [3.8, 4) is 0 Å². The highest BCUT2D eigenvalue weighted by Crippen LogP contribution is 2.27. The number of hydrogen-bond acceptors (Lipinski definition) is 5. The second kappa shape index (κ2) is 6.44. The Balaban J connectivity index is 2.25. The number of carboxylic acid groups (broad SMARTS) is 1. The van der Waals surface area contributed by atoms with E-state index >= 15 is 0 Å². The molecule has 2 rings (SSSR count). The molecule has 1 amide bonds. The number of nitrogens with one attached hydrogen (secondary N) is 2. The maximum Gasteiger partial charge on any atom is 0.409 e. The molecule has 0 saturated carbocycles. The lowest BCUT2D eigenvalue weighted by atomic mass is 10.3. The van der Waals surface area contributed by atoms with Gasteiger partial charge in [-0.1, -0.05) is 6.07 Å². The average molecular weight is 311 g/mol. The standard InChI is InChI=1S/C12H11ClN4O2S/c1-20-9-6-14-11(13)17-10(9)15-7-3-2-4-8(5-7)16-12(18)19/h2-6,16H,1H3,(H,18,19)(H,14,15,17). The van der Waals surface area contributed by atoms with Gasteiger partial charge in [-0.05, 0) is 36.1 Å². The Morgan fingerprint density at radius 3 is 2.85 bits per heavy atom. The first-order chi connectivity index (χ1) is 9.58. The van der Waals surface area contributed by atoms with Crippen LogP contribution in [-0.4, -0.2) is 27.4 Å². The zero-order valence-corrected chi connectivity index (χ0v) is 12.0. The van der Waals surface area contributed by atoms with Gasteiger partial charge in [0.1, 0.15) is 5.82 Å². The summed E-state index contributed by atoms with van der Waals surface area (Å²) in [6.07, 6.45) is 2.42. The first-order valence-electron chi connectivity index (χ1n) is 5.52. The number of carbonyl (C=O) groups is 1. The van der Waals surface area contributed by atoms with E-state index in [2.05, 4.69) is 20.6 Å². The smallest absolute Gasteiger partial charge is 0.409 e. The second-order valence-corrected chi connectivity index (χ2v) is 4.88. The molecule has 0 spiro atoms. The summed E-state index contributed by atoms with van der Waals surface area (Å²) in [6, 6.07) is 6.85. The van der Waals surface area contributed by atoms with Gasteiger partial charge in [-0.25, -0.2) is 9.78 Å². The van der Waals surface area contributed by atoms with Crippen LogP contribution < -0.4 is 10.6 Å². The fourth-order valence-corrected chi connectivity index (χ4v) is 2.10. The van der Waals surface area contributed by atoms with Crippen molar-refractivity contribution in [2.75, 3.05) is 16.9 Å². The quantitative estimate of drug-likeness (QED) is 0.590. The number of rotatable bonds is 4. The summed E-state index contributed by atoms with van der Waals surface area (Å²) in [5, 5.41) is 14.2. The van der Waals surface area contributed by atoms with Gasteiger partial charge < -0.3 is 10.4 Å². The van der Waals surface area contributed by atoms with E-state index in [1.165, 1.54) is 11.8 Å². The van der Waals surface area contributed by atoms with E-state index < -0.39 is 6.09 Å². The van der Waals surface area contributed by atoms with E-state index in [1.54, 1.807) is 30.5 Å². The van der Waals surface area contributed by atoms with E-state index in [9.17, 15) is 4.79 Å². The van der Waals surface area contributed by atoms with Crippen molar-refractivity contribution < 1.29 is 9.90 Å². The molecular formula is C12H11ClN4O2S. The summed E-state index contributed by atoms with van der Waals surface area (Å²) in [4.78, 5) is 19.5. The molecule has 0 unspecified atom stereocenters. The molecule has 0 saturated heterocycles. The molecule has 0 aliphatic carbocycles. The Kier molecular flexibility index (Phi) is 4.65. The van der Waals surface area contributed by atoms with Crippen LogP contribution in [0.4, 0.5) is 22.0 Å². The molecule has 1 heterocycles. The highest BCUT2D eigenvalue weighted by molar-refractivity contribution is 7.98. The summed E-state index contributed by atoms with van der Waals surface area (Å²) in [5.41, 5.74) is 1.16. The van der Waals surface area contributed by atoms with Gasteiger partial charge in [0.2, 0.25) is 5.28 Å². The molecule has 3 N–H and O–H groups in total. The summed E-state index contributed by atoms with van der Waals surface area (Å²) >= 11 is 7.26. The van der Waals surface area contributed by atoms with E-state index in [4.69, 9.17) is 16.7 Å². The van der Waals surface area contributed by atoms with Crippen LogP contribution in [0.1, 0.15) is 0 Å². The topological polar surface area (TPSA) is 87.1 Å². The van der Waals surface area contributed by atoms with E-state index in [0.717, 1.165) is 4.90 Å². The molecule has 104 valence electrons. The number of amides is 1. The lowest BCUT2D eigenvalue weighted by Crippen LogP contribution is -2.07. The molecule has 0 aliphatic rings. The predicted molar refractivity (Wildman–Crippen MR) is 80.2 cm³/mol. The Labute approximate surface area is 124 Å². The van der Waals surface area contributed by atoms with E-state index in [-0.39, 0.29) is 5.28 Å². The van der Waals surface area contributed by atoms with Crippen molar-refractivity contribution >= 4 is 46.6 Å². The minimum Gasteiger partial charge on any atom is -0.465 e. The number of aromatic nitrogens is 2. The molecule has 0 bridgehead atoms. The van der Waals surface area contributed by atoms with Crippen LogP contribution in [0, 0.1) is 0 Å². The summed E-state index contributed by atoms with van der Waals surface area (Å²) in [5.74, 6) is 0.574. The fraction of sp³-hybridized carbons (Fsp3) is 0.0833. The summed E-state index contributed by atoms with van der Waals surface area (Å²) < 4.78 is 0. The first-order valence-corrected chi connectivity index (χ1v) is 7.12. The third-order valence-corrected chi connectivity index (χ3v) is 3.24. The van der Waals surface area contributed by atoms with Gasteiger partial charge in [-0.3, -0.25) is 5.32 Å². The zero-order chi connectivity index (χ0) is 14.5. The van der Waals surface area contributed by atoms with Crippen molar-refractivity contribution in [1.82, 2.24) is 9.97 Å². The minimum atomic E-state index is -1.11. The van der Waals surface area contributed by atoms with Gasteiger partial charge in [-0.15, -0.1) is 11.8 Å². The van der Waals surface area contributed by atoms with Gasteiger partial charge in [0, 0.05) is 17.6 Å². The molecular weight excluding hydrogens is 300 g/mol. The molecule has 0 fully saturated rings. The molecule has 0 atom stereocenters. The molecule has 2 aromatic rings. The van der Waals surface area contributed by atoms with Crippen molar-refractivity contribution in [3.63, 3.8) is 0 Å². The van der Waals surface area contributed by atoms with E-state index in [1.807, 2.05) is 6.26 Å². The van der Waals surface area contributed by atoms with Crippen molar-refractivity contribution in [2.24, 2.45) is 0 Å². The number of anilines is 3. The third kappa shape index (κ3) is 3.75. The highest BCUT2D eigenvalue weighted by Gasteiger charge is 2.07. The lowest BCUT2D eigenvalue weighted by Gasteiger charge is -2.10. The van der Waals surface area contributed by atoms with Gasteiger partial charge in [0.05, 0.1) is 4.90 Å². The van der Waals surface area contributed by atoms with Crippen molar-refractivity contribution in [2.45, 2.75) is 4.90 Å². The number of thioether (sulfide) groups is 1. The number of nitrogens with zero attached hydrogens (tertiary/aromatic N) is 2.